The Bertz CT molecular complexity index is 724. The SMILES string of the molecule is Cc1ccc2nc(CSCC(=O)N3CCC(C)CC3CN)cn2c1.Cl.Cl. The first-order chi connectivity index (χ1) is 11.6. The number of pyridine rings is 1. The number of rotatable bonds is 5. The summed E-state index contributed by atoms with van der Waals surface area (Å²) in [5, 5.41) is 0. The fourth-order valence-electron chi connectivity index (χ4n) is 3.35. The lowest BCUT2D eigenvalue weighted by molar-refractivity contribution is -0.132. The Balaban J connectivity index is 0.00000169. The van der Waals surface area contributed by atoms with Crippen LogP contribution in [0.2, 0.25) is 0 Å². The maximum absolute atomic E-state index is 12.5. The van der Waals surface area contributed by atoms with Crippen molar-refractivity contribution in [2.24, 2.45) is 11.7 Å². The van der Waals surface area contributed by atoms with Crippen LogP contribution in [0.4, 0.5) is 0 Å². The van der Waals surface area contributed by atoms with E-state index >= 15 is 0 Å². The molecule has 26 heavy (non-hydrogen) atoms. The molecule has 8 heteroatoms. The third-order valence-corrected chi connectivity index (χ3v) is 5.65. The number of halogens is 2. The van der Waals surface area contributed by atoms with Gasteiger partial charge in [-0.3, -0.25) is 4.79 Å². The summed E-state index contributed by atoms with van der Waals surface area (Å²) < 4.78 is 2.05. The van der Waals surface area contributed by atoms with Crippen molar-refractivity contribution in [3.05, 3.63) is 35.8 Å². The van der Waals surface area contributed by atoms with Gasteiger partial charge in [0.2, 0.25) is 5.91 Å². The van der Waals surface area contributed by atoms with Crippen LogP contribution in [0.5, 0.6) is 0 Å². The zero-order valence-electron chi connectivity index (χ0n) is 15.3. The molecule has 0 saturated carbocycles. The number of hydrogen-bond acceptors (Lipinski definition) is 4. The van der Waals surface area contributed by atoms with Crippen molar-refractivity contribution in [1.82, 2.24) is 14.3 Å². The second-order valence-electron chi connectivity index (χ2n) is 6.80. The van der Waals surface area contributed by atoms with E-state index in [9.17, 15) is 4.79 Å². The second kappa shape index (κ2) is 10.4. The highest BCUT2D eigenvalue weighted by molar-refractivity contribution is 7.99. The van der Waals surface area contributed by atoms with Gasteiger partial charge < -0.3 is 15.0 Å². The number of carbonyl (C=O) groups excluding carboxylic acids is 1. The van der Waals surface area contributed by atoms with Gasteiger partial charge in [-0.1, -0.05) is 13.0 Å². The first-order valence-corrected chi connectivity index (χ1v) is 9.74. The molecule has 1 fully saturated rings. The van der Waals surface area contributed by atoms with Crippen LogP contribution < -0.4 is 5.73 Å². The average Bonchev–Trinajstić information content (AvgIpc) is 2.96. The topological polar surface area (TPSA) is 63.6 Å². The number of amides is 1. The number of likely N-dealkylation sites (tertiary alicyclic amines) is 1. The largest absolute Gasteiger partial charge is 0.338 e. The first-order valence-electron chi connectivity index (χ1n) is 8.58. The Hall–Kier alpha value is -0.950. The first kappa shape index (κ1) is 23.1. The molecule has 2 unspecified atom stereocenters. The number of hydrogen-bond donors (Lipinski definition) is 1. The van der Waals surface area contributed by atoms with Gasteiger partial charge in [0.05, 0.1) is 11.4 Å². The van der Waals surface area contributed by atoms with Gasteiger partial charge in [0.25, 0.3) is 0 Å². The smallest absolute Gasteiger partial charge is 0.232 e. The molecule has 0 bridgehead atoms. The van der Waals surface area contributed by atoms with E-state index in [0.29, 0.717) is 18.2 Å². The third kappa shape index (κ3) is 5.52. The zero-order valence-corrected chi connectivity index (χ0v) is 17.7. The average molecular weight is 419 g/mol. The Morgan fingerprint density at radius 1 is 1.35 bits per heavy atom. The summed E-state index contributed by atoms with van der Waals surface area (Å²) in [5.74, 6) is 2.13. The van der Waals surface area contributed by atoms with Crippen molar-refractivity contribution in [3.63, 3.8) is 0 Å². The van der Waals surface area contributed by atoms with Crippen molar-refractivity contribution >= 4 is 48.1 Å². The number of nitrogens with zero attached hydrogens (tertiary/aromatic N) is 3. The normalized spacial score (nSPS) is 19.7. The number of thioether (sulfide) groups is 1. The van der Waals surface area contributed by atoms with Crippen molar-refractivity contribution in [3.8, 4) is 0 Å². The summed E-state index contributed by atoms with van der Waals surface area (Å²) in [7, 11) is 0. The highest BCUT2D eigenvalue weighted by Crippen LogP contribution is 2.23. The molecule has 2 atom stereocenters. The molecule has 2 N–H and O–H groups in total. The van der Waals surface area contributed by atoms with Gasteiger partial charge in [0.1, 0.15) is 5.65 Å². The molecule has 1 amide bonds. The Labute approximate surface area is 171 Å². The van der Waals surface area contributed by atoms with Gasteiger partial charge in [-0.05, 0) is 37.3 Å². The van der Waals surface area contributed by atoms with Crippen molar-refractivity contribution < 1.29 is 4.79 Å². The third-order valence-electron chi connectivity index (χ3n) is 4.69. The van der Waals surface area contributed by atoms with Crippen LogP contribution in [-0.2, 0) is 10.5 Å². The Kier molecular flexibility index (Phi) is 9.24. The molecule has 1 saturated heterocycles. The van der Waals surface area contributed by atoms with Gasteiger partial charge in [0.15, 0.2) is 0 Å². The molecular weight excluding hydrogens is 391 g/mol. The molecule has 2 aromatic rings. The fraction of sp³-hybridized carbons (Fsp3) is 0.556. The number of imidazole rings is 1. The number of piperidine rings is 1. The molecule has 0 aromatic carbocycles. The van der Waals surface area contributed by atoms with Gasteiger partial charge >= 0.3 is 0 Å². The minimum absolute atomic E-state index is 0. The number of fused-ring (bicyclic) bond motifs is 1. The summed E-state index contributed by atoms with van der Waals surface area (Å²) >= 11 is 1.63. The lowest BCUT2D eigenvalue weighted by atomic mass is 9.92. The van der Waals surface area contributed by atoms with E-state index in [4.69, 9.17) is 5.73 Å². The quantitative estimate of drug-likeness (QED) is 0.808. The number of aromatic nitrogens is 2. The van der Waals surface area contributed by atoms with Crippen molar-refractivity contribution in [1.29, 1.82) is 0 Å². The monoisotopic (exact) mass is 418 g/mol. The highest BCUT2D eigenvalue weighted by Gasteiger charge is 2.28. The maximum Gasteiger partial charge on any atom is 0.232 e. The summed E-state index contributed by atoms with van der Waals surface area (Å²) in [6.45, 7) is 5.72. The van der Waals surface area contributed by atoms with E-state index in [2.05, 4.69) is 31.1 Å². The molecule has 1 aliphatic heterocycles. The second-order valence-corrected chi connectivity index (χ2v) is 7.79. The molecule has 0 aliphatic carbocycles. The number of carbonyl (C=O) groups is 1. The molecule has 3 heterocycles. The predicted molar refractivity (Wildman–Crippen MR) is 114 cm³/mol. The molecule has 5 nitrogen and oxygen atoms in total. The highest BCUT2D eigenvalue weighted by atomic mass is 35.5. The van der Waals surface area contributed by atoms with Crippen LogP contribution in [0.15, 0.2) is 24.5 Å². The summed E-state index contributed by atoms with van der Waals surface area (Å²) in [6, 6.07) is 4.29. The van der Waals surface area contributed by atoms with Crippen LogP contribution in [0, 0.1) is 12.8 Å². The van der Waals surface area contributed by atoms with Crippen LogP contribution >= 0.6 is 36.6 Å². The number of nitrogens with two attached hydrogens (primary N) is 1. The van der Waals surface area contributed by atoms with E-state index in [1.165, 1.54) is 5.56 Å². The lowest BCUT2D eigenvalue weighted by Gasteiger charge is -2.38. The van der Waals surface area contributed by atoms with E-state index in [1.54, 1.807) is 11.8 Å². The molecule has 3 rings (SSSR count). The summed E-state index contributed by atoms with van der Waals surface area (Å²) in [4.78, 5) is 19.1. The van der Waals surface area contributed by atoms with Gasteiger partial charge in [-0.2, -0.15) is 0 Å². The predicted octanol–water partition coefficient (Wildman–Crippen LogP) is 3.31. The van der Waals surface area contributed by atoms with Crippen LogP contribution in [0.25, 0.3) is 5.65 Å². The fourth-order valence-corrected chi connectivity index (χ4v) is 4.15. The molecule has 0 radical (unpaired) electrons. The summed E-state index contributed by atoms with van der Waals surface area (Å²) in [6.07, 6.45) is 6.23. The Morgan fingerprint density at radius 2 is 2.12 bits per heavy atom. The summed E-state index contributed by atoms with van der Waals surface area (Å²) in [5.41, 5.74) is 9.03. The maximum atomic E-state index is 12.5. The minimum Gasteiger partial charge on any atom is -0.338 e. The molecule has 2 aromatic heterocycles. The van der Waals surface area contributed by atoms with Gasteiger partial charge in [0, 0.05) is 37.3 Å². The number of aryl methyl sites for hydroxylation is 1. The van der Waals surface area contributed by atoms with Crippen LogP contribution in [-0.4, -0.2) is 45.1 Å². The zero-order chi connectivity index (χ0) is 17.1. The van der Waals surface area contributed by atoms with Gasteiger partial charge in [-0.25, -0.2) is 4.98 Å². The van der Waals surface area contributed by atoms with E-state index in [0.717, 1.165) is 36.5 Å². The lowest BCUT2D eigenvalue weighted by Crippen LogP contribution is -2.49. The van der Waals surface area contributed by atoms with E-state index in [-0.39, 0.29) is 36.8 Å². The van der Waals surface area contributed by atoms with Crippen molar-refractivity contribution in [2.75, 3.05) is 18.8 Å². The molecule has 1 aliphatic rings. The van der Waals surface area contributed by atoms with Gasteiger partial charge in [-0.15, -0.1) is 36.6 Å². The molecule has 146 valence electrons. The Morgan fingerprint density at radius 3 is 2.85 bits per heavy atom. The van der Waals surface area contributed by atoms with Crippen LogP contribution in [0.3, 0.4) is 0 Å². The molecule has 0 spiro atoms. The minimum atomic E-state index is 0. The van der Waals surface area contributed by atoms with E-state index in [1.807, 2.05) is 21.6 Å². The van der Waals surface area contributed by atoms with Crippen LogP contribution in [0.1, 0.15) is 31.0 Å². The van der Waals surface area contributed by atoms with Crippen molar-refractivity contribution in [2.45, 2.75) is 38.5 Å². The molecular formula is C18H28Cl2N4OS. The standard InChI is InChI=1S/C18H26N4OS.2ClH/c1-13-5-6-22(16(7-13)8-19)18(23)12-24-11-15-10-21-9-14(2)3-4-17(21)20-15;;/h3-4,9-10,13,16H,5-8,11-12,19H2,1-2H3;2*1H. The van der Waals surface area contributed by atoms with E-state index < -0.39 is 0 Å².